The number of phenolic OH excluding ortho intramolecular Hbond substituents is 2. The van der Waals surface area contributed by atoms with Gasteiger partial charge in [-0.1, -0.05) is 12.2 Å². The van der Waals surface area contributed by atoms with Gasteiger partial charge in [-0.15, -0.1) is 0 Å². The van der Waals surface area contributed by atoms with E-state index in [-0.39, 0.29) is 17.1 Å². The first-order valence-corrected chi connectivity index (χ1v) is 3.83. The molecule has 0 aliphatic carbocycles. The molecule has 0 bridgehead atoms. The summed E-state index contributed by atoms with van der Waals surface area (Å²) < 4.78 is 0. The average molecular weight is 178 g/mol. The maximum absolute atomic E-state index is 10.4. The summed E-state index contributed by atoms with van der Waals surface area (Å²) in [7, 11) is 0. The second-order valence-electron chi connectivity index (χ2n) is 2.60. The van der Waals surface area contributed by atoms with Gasteiger partial charge < -0.3 is 10.2 Å². The van der Waals surface area contributed by atoms with E-state index >= 15 is 0 Å². The Hall–Kier alpha value is -1.77. The highest BCUT2D eigenvalue weighted by molar-refractivity contribution is 5.82. The van der Waals surface area contributed by atoms with E-state index in [9.17, 15) is 15.0 Å². The van der Waals surface area contributed by atoms with Crippen LogP contribution in [0.15, 0.2) is 18.2 Å². The molecule has 0 atom stereocenters. The first kappa shape index (κ1) is 9.32. The topological polar surface area (TPSA) is 57.5 Å². The van der Waals surface area contributed by atoms with Crippen LogP contribution in [0.3, 0.4) is 0 Å². The van der Waals surface area contributed by atoms with E-state index in [0.717, 1.165) is 0 Å². The third-order valence-corrected chi connectivity index (χ3v) is 1.63. The minimum atomic E-state index is -0.372. The van der Waals surface area contributed by atoms with Gasteiger partial charge >= 0.3 is 0 Å². The van der Waals surface area contributed by atoms with Gasteiger partial charge in [-0.2, -0.15) is 0 Å². The predicted molar refractivity (Wildman–Crippen MR) is 49.9 cm³/mol. The fourth-order valence-corrected chi connectivity index (χ4v) is 1.04. The fourth-order valence-electron chi connectivity index (χ4n) is 1.04. The molecule has 0 saturated heterocycles. The quantitative estimate of drug-likeness (QED) is 0.537. The molecule has 13 heavy (non-hydrogen) atoms. The Morgan fingerprint density at radius 2 is 2.00 bits per heavy atom. The highest BCUT2D eigenvalue weighted by Gasteiger charge is 2.06. The zero-order valence-corrected chi connectivity index (χ0v) is 7.19. The normalized spacial score (nSPS) is 10.5. The number of benzene rings is 1. The molecule has 1 aromatic rings. The number of phenols is 2. The van der Waals surface area contributed by atoms with Gasteiger partial charge in [-0.3, -0.25) is 4.79 Å². The van der Waals surface area contributed by atoms with Crippen LogP contribution in [0.5, 0.6) is 11.5 Å². The molecule has 1 rings (SSSR count). The summed E-state index contributed by atoms with van der Waals surface area (Å²) in [5.41, 5.74) is 0.771. The van der Waals surface area contributed by atoms with Crippen LogP contribution in [0.2, 0.25) is 0 Å². The maximum Gasteiger partial charge on any atom is 0.168 e. The smallest absolute Gasteiger partial charge is 0.168 e. The molecule has 3 heteroatoms. The Morgan fingerprint density at radius 1 is 1.31 bits per heavy atom. The van der Waals surface area contributed by atoms with Crippen molar-refractivity contribution < 1.29 is 15.0 Å². The lowest BCUT2D eigenvalue weighted by atomic mass is 10.1. The molecule has 0 aliphatic rings. The Balaban J connectivity index is 3.29. The van der Waals surface area contributed by atoms with Crippen molar-refractivity contribution in [1.29, 1.82) is 0 Å². The van der Waals surface area contributed by atoms with Crippen LogP contribution >= 0.6 is 0 Å². The lowest BCUT2D eigenvalue weighted by molar-refractivity contribution is 0.112. The molecule has 0 aromatic heterocycles. The number of aldehydes is 1. The van der Waals surface area contributed by atoms with E-state index in [4.69, 9.17) is 0 Å². The predicted octanol–water partition coefficient (Wildman–Crippen LogP) is 1.94. The molecule has 2 N–H and O–H groups in total. The molecular formula is C10H10O3. The van der Waals surface area contributed by atoms with Gasteiger partial charge in [0, 0.05) is 0 Å². The molecule has 0 unspecified atom stereocenters. The van der Waals surface area contributed by atoms with Gasteiger partial charge in [-0.05, 0) is 24.6 Å². The van der Waals surface area contributed by atoms with Crippen LogP contribution in [0.25, 0.3) is 6.08 Å². The number of hydrogen-bond donors (Lipinski definition) is 2. The summed E-state index contributed by atoms with van der Waals surface area (Å²) in [4.78, 5) is 10.4. The Labute approximate surface area is 76.0 Å². The van der Waals surface area contributed by atoms with Crippen molar-refractivity contribution >= 4 is 12.4 Å². The average Bonchev–Trinajstić information content (AvgIpc) is 2.11. The van der Waals surface area contributed by atoms with Crippen LogP contribution in [0.1, 0.15) is 22.8 Å². The summed E-state index contributed by atoms with van der Waals surface area (Å²) in [6, 6.07) is 2.89. The number of carbonyl (C=O) groups is 1. The molecule has 1 aromatic carbocycles. The molecule has 0 aliphatic heterocycles. The Kier molecular flexibility index (Phi) is 2.69. The highest BCUT2D eigenvalue weighted by atomic mass is 16.3. The van der Waals surface area contributed by atoms with Crippen molar-refractivity contribution in [3.63, 3.8) is 0 Å². The molecule has 0 heterocycles. The van der Waals surface area contributed by atoms with E-state index in [1.165, 1.54) is 12.1 Å². The monoisotopic (exact) mass is 178 g/mol. The molecule has 0 saturated carbocycles. The lowest BCUT2D eigenvalue weighted by Gasteiger charge is -2.02. The fraction of sp³-hybridized carbons (Fsp3) is 0.100. The van der Waals surface area contributed by atoms with Crippen LogP contribution in [0, 0.1) is 0 Å². The molecule has 0 fully saturated rings. The molecule has 68 valence electrons. The summed E-state index contributed by atoms with van der Waals surface area (Å²) in [5.74, 6) is -0.652. The number of rotatable bonds is 2. The molecule has 3 nitrogen and oxygen atoms in total. The third kappa shape index (κ3) is 1.87. The number of carbonyl (C=O) groups excluding carboxylic acids is 1. The van der Waals surface area contributed by atoms with Gasteiger partial charge in [0.25, 0.3) is 0 Å². The zero-order valence-electron chi connectivity index (χ0n) is 7.19. The number of hydrogen-bond acceptors (Lipinski definition) is 3. The van der Waals surface area contributed by atoms with Crippen molar-refractivity contribution in [1.82, 2.24) is 0 Å². The van der Waals surface area contributed by atoms with E-state index in [1.54, 1.807) is 12.2 Å². The standard InChI is InChI=1S/C10H10O3/c1-2-3-7-4-8(6-11)10(13)9(12)5-7/h2-6,12-13H,1H3/b3-2+. The van der Waals surface area contributed by atoms with Crippen molar-refractivity contribution in [2.24, 2.45) is 0 Å². The summed E-state index contributed by atoms with van der Waals surface area (Å²) in [6.07, 6.45) is 4.01. The van der Waals surface area contributed by atoms with E-state index in [2.05, 4.69) is 0 Å². The highest BCUT2D eigenvalue weighted by Crippen LogP contribution is 2.29. The van der Waals surface area contributed by atoms with Crippen LogP contribution in [-0.2, 0) is 0 Å². The lowest BCUT2D eigenvalue weighted by Crippen LogP contribution is -1.83. The van der Waals surface area contributed by atoms with Crippen LogP contribution in [-0.4, -0.2) is 16.5 Å². The minimum Gasteiger partial charge on any atom is -0.504 e. The minimum absolute atomic E-state index is 0.0908. The Bertz CT molecular complexity index is 353. The summed E-state index contributed by atoms with van der Waals surface area (Å²) >= 11 is 0. The number of aromatic hydroxyl groups is 2. The van der Waals surface area contributed by atoms with Gasteiger partial charge in [-0.25, -0.2) is 0 Å². The largest absolute Gasteiger partial charge is 0.504 e. The first-order chi connectivity index (χ1) is 6.19. The zero-order chi connectivity index (χ0) is 9.84. The maximum atomic E-state index is 10.4. The summed E-state index contributed by atoms with van der Waals surface area (Å²) in [6.45, 7) is 1.82. The van der Waals surface area contributed by atoms with Crippen molar-refractivity contribution in [3.8, 4) is 11.5 Å². The molecule has 0 spiro atoms. The Morgan fingerprint density at radius 3 is 2.54 bits per heavy atom. The SMILES string of the molecule is C/C=C/c1cc(O)c(O)c(C=O)c1. The van der Waals surface area contributed by atoms with Crippen molar-refractivity contribution in [2.75, 3.05) is 0 Å². The van der Waals surface area contributed by atoms with Crippen LogP contribution < -0.4 is 0 Å². The van der Waals surface area contributed by atoms with Crippen molar-refractivity contribution in [3.05, 3.63) is 29.3 Å². The molecule has 0 radical (unpaired) electrons. The van der Waals surface area contributed by atoms with E-state index in [0.29, 0.717) is 11.8 Å². The van der Waals surface area contributed by atoms with E-state index < -0.39 is 0 Å². The van der Waals surface area contributed by atoms with E-state index in [1.807, 2.05) is 6.92 Å². The van der Waals surface area contributed by atoms with Gasteiger partial charge in [0.2, 0.25) is 0 Å². The molecule has 0 amide bonds. The third-order valence-electron chi connectivity index (χ3n) is 1.63. The first-order valence-electron chi connectivity index (χ1n) is 3.83. The molecular weight excluding hydrogens is 168 g/mol. The van der Waals surface area contributed by atoms with Gasteiger partial charge in [0.05, 0.1) is 5.56 Å². The second kappa shape index (κ2) is 3.76. The van der Waals surface area contributed by atoms with Crippen LogP contribution in [0.4, 0.5) is 0 Å². The van der Waals surface area contributed by atoms with Gasteiger partial charge in [0.15, 0.2) is 17.8 Å². The van der Waals surface area contributed by atoms with Crippen molar-refractivity contribution in [2.45, 2.75) is 6.92 Å². The number of allylic oxidation sites excluding steroid dienone is 1. The second-order valence-corrected chi connectivity index (χ2v) is 2.60. The summed E-state index contributed by atoms with van der Waals surface area (Å²) in [5, 5.41) is 18.4. The van der Waals surface area contributed by atoms with Gasteiger partial charge in [0.1, 0.15) is 0 Å².